The van der Waals surface area contributed by atoms with Gasteiger partial charge in [0.15, 0.2) is 0 Å². The molecule has 1 amide bonds. The summed E-state index contributed by atoms with van der Waals surface area (Å²) >= 11 is 1.64. The quantitative estimate of drug-likeness (QED) is 0.751. The van der Waals surface area contributed by atoms with Crippen molar-refractivity contribution in [3.8, 4) is 5.75 Å². The van der Waals surface area contributed by atoms with E-state index in [1.165, 1.54) is 5.56 Å². The fourth-order valence-corrected chi connectivity index (χ4v) is 3.53. The summed E-state index contributed by atoms with van der Waals surface area (Å²) < 4.78 is 5.41. The first-order valence-corrected chi connectivity index (χ1v) is 9.10. The summed E-state index contributed by atoms with van der Waals surface area (Å²) in [4.78, 5) is 14.4. The Kier molecular flexibility index (Phi) is 6.73. The van der Waals surface area contributed by atoms with E-state index in [2.05, 4.69) is 13.0 Å². The summed E-state index contributed by atoms with van der Waals surface area (Å²) in [5, 5.41) is -0.0936. The molecule has 0 heterocycles. The highest BCUT2D eigenvalue weighted by molar-refractivity contribution is 7.99. The zero-order chi connectivity index (χ0) is 17.5. The van der Waals surface area contributed by atoms with Crippen LogP contribution < -0.4 is 4.74 Å². The molecule has 1 unspecified atom stereocenters. The molecule has 24 heavy (non-hydrogen) atoms. The van der Waals surface area contributed by atoms with Crippen molar-refractivity contribution < 1.29 is 9.53 Å². The van der Waals surface area contributed by atoms with E-state index in [9.17, 15) is 4.79 Å². The van der Waals surface area contributed by atoms with Gasteiger partial charge in [0.1, 0.15) is 5.75 Å². The van der Waals surface area contributed by atoms with E-state index in [-0.39, 0.29) is 11.2 Å². The molecular weight excluding hydrogens is 318 g/mol. The Bertz CT molecular complexity index is 673. The summed E-state index contributed by atoms with van der Waals surface area (Å²) in [6.45, 7) is 4.67. The molecule has 2 aromatic rings. The number of benzene rings is 2. The second kappa shape index (κ2) is 8.78. The van der Waals surface area contributed by atoms with E-state index >= 15 is 0 Å². The lowest BCUT2D eigenvalue weighted by Gasteiger charge is -2.21. The van der Waals surface area contributed by atoms with Gasteiger partial charge in [-0.2, -0.15) is 0 Å². The number of amides is 1. The molecule has 0 aliphatic heterocycles. The van der Waals surface area contributed by atoms with Gasteiger partial charge < -0.3 is 9.64 Å². The molecule has 0 N–H and O–H groups in total. The van der Waals surface area contributed by atoms with E-state index in [0.29, 0.717) is 6.54 Å². The van der Waals surface area contributed by atoms with Crippen molar-refractivity contribution in [2.45, 2.75) is 31.4 Å². The van der Waals surface area contributed by atoms with Crippen molar-refractivity contribution in [1.29, 1.82) is 0 Å². The first kappa shape index (κ1) is 18.4. The third-order valence-electron chi connectivity index (χ3n) is 3.91. The van der Waals surface area contributed by atoms with Crippen LogP contribution in [-0.4, -0.2) is 30.2 Å². The normalized spacial score (nSPS) is 11.8. The number of thioether (sulfide) groups is 1. The van der Waals surface area contributed by atoms with Crippen LogP contribution in [0.15, 0.2) is 48.5 Å². The van der Waals surface area contributed by atoms with E-state index < -0.39 is 0 Å². The first-order chi connectivity index (χ1) is 11.5. The number of hydrogen-bond donors (Lipinski definition) is 0. The molecule has 0 aromatic heterocycles. The lowest BCUT2D eigenvalue weighted by molar-refractivity contribution is -0.129. The Morgan fingerprint density at radius 2 is 1.92 bits per heavy atom. The van der Waals surface area contributed by atoms with E-state index in [1.807, 2.05) is 56.4 Å². The molecule has 0 saturated carbocycles. The molecule has 0 saturated heterocycles. The zero-order valence-corrected chi connectivity index (χ0v) is 15.6. The van der Waals surface area contributed by atoms with Crippen LogP contribution in [0.2, 0.25) is 0 Å². The number of ether oxygens (including phenoxy) is 1. The van der Waals surface area contributed by atoms with E-state index in [1.54, 1.807) is 23.8 Å². The summed E-state index contributed by atoms with van der Waals surface area (Å²) in [6, 6.07) is 16.2. The number of carbonyl (C=O) groups excluding carboxylic acids is 1. The molecule has 2 aromatic carbocycles. The Balaban J connectivity index is 1.93. The number of aryl methyl sites for hydroxylation is 1. The molecule has 0 aliphatic rings. The third-order valence-corrected chi connectivity index (χ3v) is 5.09. The fourth-order valence-electron chi connectivity index (χ4n) is 2.55. The van der Waals surface area contributed by atoms with Crippen LogP contribution in [0, 0.1) is 6.92 Å². The Morgan fingerprint density at radius 3 is 2.58 bits per heavy atom. The third kappa shape index (κ3) is 5.03. The van der Waals surface area contributed by atoms with Gasteiger partial charge in [-0.25, -0.2) is 0 Å². The highest BCUT2D eigenvalue weighted by atomic mass is 32.2. The highest BCUT2D eigenvalue weighted by Crippen LogP contribution is 2.27. The summed E-state index contributed by atoms with van der Waals surface area (Å²) in [5.74, 6) is 1.79. The Morgan fingerprint density at radius 1 is 1.21 bits per heavy atom. The van der Waals surface area contributed by atoms with E-state index in [0.717, 1.165) is 22.6 Å². The SMILES string of the molecule is COc1ccc(C)cc1CSC(C)C(=O)N(C)Cc1ccccc1. The zero-order valence-electron chi connectivity index (χ0n) is 14.8. The van der Waals surface area contributed by atoms with Crippen molar-refractivity contribution in [3.05, 3.63) is 65.2 Å². The van der Waals surface area contributed by atoms with Crippen molar-refractivity contribution in [3.63, 3.8) is 0 Å². The standard InChI is InChI=1S/C20H25NO2S/c1-15-10-11-19(23-4)18(12-15)14-24-16(2)20(22)21(3)13-17-8-6-5-7-9-17/h5-12,16H,13-14H2,1-4H3. The van der Waals surface area contributed by atoms with Gasteiger partial charge in [-0.05, 0) is 25.5 Å². The van der Waals surface area contributed by atoms with Gasteiger partial charge in [-0.3, -0.25) is 4.79 Å². The average molecular weight is 343 g/mol. The van der Waals surface area contributed by atoms with Crippen molar-refractivity contribution in [2.24, 2.45) is 0 Å². The molecule has 3 nitrogen and oxygen atoms in total. The van der Waals surface area contributed by atoms with Gasteiger partial charge in [-0.1, -0.05) is 48.0 Å². The number of hydrogen-bond acceptors (Lipinski definition) is 3. The molecule has 0 aliphatic carbocycles. The predicted octanol–water partition coefficient (Wildman–Crippen LogP) is 4.28. The predicted molar refractivity (Wildman–Crippen MR) is 101 cm³/mol. The van der Waals surface area contributed by atoms with Gasteiger partial charge in [-0.15, -0.1) is 11.8 Å². The van der Waals surface area contributed by atoms with Crippen LogP contribution in [0.3, 0.4) is 0 Å². The number of rotatable bonds is 7. The Labute approximate surface area is 149 Å². The topological polar surface area (TPSA) is 29.5 Å². The van der Waals surface area contributed by atoms with Crippen LogP contribution in [0.1, 0.15) is 23.6 Å². The maximum atomic E-state index is 12.6. The van der Waals surface area contributed by atoms with Crippen LogP contribution in [0.25, 0.3) is 0 Å². The summed E-state index contributed by atoms with van der Waals surface area (Å²) in [5.41, 5.74) is 3.48. The van der Waals surface area contributed by atoms with Gasteiger partial charge in [0, 0.05) is 24.9 Å². The van der Waals surface area contributed by atoms with Crippen LogP contribution >= 0.6 is 11.8 Å². The van der Waals surface area contributed by atoms with Crippen LogP contribution in [-0.2, 0) is 17.1 Å². The van der Waals surface area contributed by atoms with Gasteiger partial charge in [0.05, 0.1) is 12.4 Å². The number of carbonyl (C=O) groups is 1. The van der Waals surface area contributed by atoms with Crippen molar-refractivity contribution in [1.82, 2.24) is 4.90 Å². The smallest absolute Gasteiger partial charge is 0.235 e. The van der Waals surface area contributed by atoms with Gasteiger partial charge >= 0.3 is 0 Å². The molecule has 128 valence electrons. The average Bonchev–Trinajstić information content (AvgIpc) is 2.60. The first-order valence-electron chi connectivity index (χ1n) is 8.05. The van der Waals surface area contributed by atoms with Crippen molar-refractivity contribution >= 4 is 17.7 Å². The maximum absolute atomic E-state index is 12.6. The molecule has 1 atom stereocenters. The fraction of sp³-hybridized carbons (Fsp3) is 0.350. The molecule has 0 fully saturated rings. The van der Waals surface area contributed by atoms with Gasteiger partial charge in [0.25, 0.3) is 0 Å². The van der Waals surface area contributed by atoms with E-state index in [4.69, 9.17) is 4.74 Å². The summed E-state index contributed by atoms with van der Waals surface area (Å²) in [6.07, 6.45) is 0. The maximum Gasteiger partial charge on any atom is 0.235 e. The minimum Gasteiger partial charge on any atom is -0.496 e. The molecular formula is C20H25NO2S. The second-order valence-electron chi connectivity index (χ2n) is 5.95. The number of methoxy groups -OCH3 is 1. The van der Waals surface area contributed by atoms with Crippen molar-refractivity contribution in [2.75, 3.05) is 14.2 Å². The lowest BCUT2D eigenvalue weighted by atomic mass is 10.1. The monoisotopic (exact) mass is 343 g/mol. The largest absolute Gasteiger partial charge is 0.496 e. The van der Waals surface area contributed by atoms with Crippen LogP contribution in [0.4, 0.5) is 0 Å². The summed E-state index contributed by atoms with van der Waals surface area (Å²) in [7, 11) is 3.54. The molecule has 0 radical (unpaired) electrons. The van der Waals surface area contributed by atoms with Gasteiger partial charge in [0.2, 0.25) is 5.91 Å². The lowest BCUT2D eigenvalue weighted by Crippen LogP contribution is -2.32. The molecule has 0 spiro atoms. The number of nitrogens with zero attached hydrogens (tertiary/aromatic N) is 1. The van der Waals surface area contributed by atoms with Crippen LogP contribution in [0.5, 0.6) is 5.75 Å². The minimum atomic E-state index is -0.0936. The Hall–Kier alpha value is -1.94. The second-order valence-corrected chi connectivity index (χ2v) is 7.28. The molecule has 2 rings (SSSR count). The minimum absolute atomic E-state index is 0.0936. The molecule has 0 bridgehead atoms. The molecule has 4 heteroatoms. The highest BCUT2D eigenvalue weighted by Gasteiger charge is 2.18.